The summed E-state index contributed by atoms with van der Waals surface area (Å²) in [6, 6.07) is 3.11. The summed E-state index contributed by atoms with van der Waals surface area (Å²) in [6.45, 7) is 1.93. The molecule has 0 fully saturated rings. The summed E-state index contributed by atoms with van der Waals surface area (Å²) >= 11 is 0. The van der Waals surface area contributed by atoms with Crippen molar-refractivity contribution in [2.24, 2.45) is 0 Å². The van der Waals surface area contributed by atoms with E-state index >= 15 is 0 Å². The number of benzene rings is 1. The molecule has 1 aromatic carbocycles. The molecule has 3 heteroatoms. The van der Waals surface area contributed by atoms with Crippen molar-refractivity contribution in [3.63, 3.8) is 0 Å². The van der Waals surface area contributed by atoms with Gasteiger partial charge < -0.3 is 14.9 Å². The van der Waals surface area contributed by atoms with Gasteiger partial charge in [0.2, 0.25) is 0 Å². The Balaban J connectivity index is 2.54. The minimum Gasteiger partial charge on any atom is -0.504 e. The monoisotopic (exact) mass is 166 g/mol. The summed E-state index contributed by atoms with van der Waals surface area (Å²) < 4.78 is 5.37. The number of fused-ring (bicyclic) bond motifs is 1. The van der Waals surface area contributed by atoms with E-state index in [1.807, 2.05) is 6.92 Å². The summed E-state index contributed by atoms with van der Waals surface area (Å²) in [5, 5.41) is 18.6. The number of phenolic OH excluding ortho intramolecular Hbond substituents is 2. The van der Waals surface area contributed by atoms with E-state index in [9.17, 15) is 5.11 Å². The lowest BCUT2D eigenvalue weighted by Crippen LogP contribution is -2.05. The zero-order valence-electron chi connectivity index (χ0n) is 6.74. The Kier molecular flexibility index (Phi) is 1.40. The predicted octanol–water partition coefficient (Wildman–Crippen LogP) is 1.42. The topological polar surface area (TPSA) is 49.7 Å². The number of hydrogen-bond acceptors (Lipinski definition) is 3. The molecule has 1 aliphatic rings. The van der Waals surface area contributed by atoms with Gasteiger partial charge in [-0.05, 0) is 19.1 Å². The van der Waals surface area contributed by atoms with Crippen molar-refractivity contribution in [2.45, 2.75) is 19.4 Å². The fourth-order valence-electron chi connectivity index (χ4n) is 1.46. The molecule has 1 unspecified atom stereocenters. The highest BCUT2D eigenvalue weighted by molar-refractivity contribution is 5.54. The number of phenols is 2. The third kappa shape index (κ3) is 0.897. The molecular weight excluding hydrogens is 156 g/mol. The molecule has 0 saturated heterocycles. The van der Waals surface area contributed by atoms with E-state index in [-0.39, 0.29) is 17.6 Å². The van der Waals surface area contributed by atoms with Crippen LogP contribution in [0.5, 0.6) is 17.2 Å². The Morgan fingerprint density at radius 2 is 2.17 bits per heavy atom. The van der Waals surface area contributed by atoms with Gasteiger partial charge in [0, 0.05) is 12.0 Å². The van der Waals surface area contributed by atoms with Crippen molar-refractivity contribution in [3.05, 3.63) is 17.7 Å². The van der Waals surface area contributed by atoms with Gasteiger partial charge in [0.05, 0.1) is 0 Å². The van der Waals surface area contributed by atoms with Crippen LogP contribution in [0.3, 0.4) is 0 Å². The first-order valence-electron chi connectivity index (χ1n) is 3.89. The standard InChI is InChI=1S/C9H10O3/c1-5-4-6-8(12-5)3-2-7(10)9(6)11/h2-3,5,10-11H,4H2,1H3. The van der Waals surface area contributed by atoms with Crippen LogP contribution in [-0.2, 0) is 6.42 Å². The normalized spacial score (nSPS) is 20.2. The van der Waals surface area contributed by atoms with Gasteiger partial charge in [-0.2, -0.15) is 0 Å². The molecule has 3 nitrogen and oxygen atoms in total. The lowest BCUT2D eigenvalue weighted by atomic mass is 10.1. The van der Waals surface area contributed by atoms with E-state index in [2.05, 4.69) is 0 Å². The van der Waals surface area contributed by atoms with E-state index in [1.54, 1.807) is 6.07 Å². The van der Waals surface area contributed by atoms with Gasteiger partial charge in [0.1, 0.15) is 11.9 Å². The second kappa shape index (κ2) is 2.30. The Morgan fingerprint density at radius 3 is 2.92 bits per heavy atom. The molecule has 12 heavy (non-hydrogen) atoms. The SMILES string of the molecule is CC1Cc2c(ccc(O)c2O)O1. The second-order valence-corrected chi connectivity index (χ2v) is 3.04. The molecule has 1 aliphatic heterocycles. The van der Waals surface area contributed by atoms with Crippen molar-refractivity contribution in [1.82, 2.24) is 0 Å². The molecule has 2 N–H and O–H groups in total. The maximum absolute atomic E-state index is 9.41. The Hall–Kier alpha value is -1.38. The first kappa shape index (κ1) is 7.28. The minimum absolute atomic E-state index is 0.0446. The van der Waals surface area contributed by atoms with Gasteiger partial charge in [-0.3, -0.25) is 0 Å². The van der Waals surface area contributed by atoms with Crippen LogP contribution in [0.4, 0.5) is 0 Å². The smallest absolute Gasteiger partial charge is 0.164 e. The number of rotatable bonds is 0. The van der Waals surface area contributed by atoms with Gasteiger partial charge in [0.15, 0.2) is 11.5 Å². The zero-order valence-corrected chi connectivity index (χ0v) is 6.74. The highest BCUT2D eigenvalue weighted by Crippen LogP contribution is 2.40. The molecule has 0 aromatic heterocycles. The van der Waals surface area contributed by atoms with Crippen LogP contribution in [0, 0.1) is 0 Å². The molecule has 0 radical (unpaired) electrons. The summed E-state index contributed by atoms with van der Waals surface area (Å²) in [5.41, 5.74) is 0.711. The van der Waals surface area contributed by atoms with Gasteiger partial charge in [-0.1, -0.05) is 0 Å². The molecule has 0 saturated carbocycles. The second-order valence-electron chi connectivity index (χ2n) is 3.04. The average molecular weight is 166 g/mol. The molecule has 0 spiro atoms. The highest BCUT2D eigenvalue weighted by atomic mass is 16.5. The molecule has 1 heterocycles. The molecule has 0 amide bonds. The highest BCUT2D eigenvalue weighted by Gasteiger charge is 2.23. The number of aromatic hydroxyl groups is 2. The lowest BCUT2D eigenvalue weighted by molar-refractivity contribution is 0.254. The summed E-state index contributed by atoms with van der Waals surface area (Å²) in [7, 11) is 0. The Labute approximate surface area is 70.2 Å². The Bertz CT molecular complexity index is 320. The molecule has 1 atom stereocenters. The van der Waals surface area contributed by atoms with Crippen LogP contribution in [0.15, 0.2) is 12.1 Å². The summed E-state index contributed by atoms with van der Waals surface area (Å²) in [6.07, 6.45) is 0.753. The van der Waals surface area contributed by atoms with Gasteiger partial charge in [0.25, 0.3) is 0 Å². The fraction of sp³-hybridized carbons (Fsp3) is 0.333. The van der Waals surface area contributed by atoms with Crippen LogP contribution in [0.1, 0.15) is 12.5 Å². The van der Waals surface area contributed by atoms with E-state index in [0.717, 1.165) is 0 Å². The van der Waals surface area contributed by atoms with Crippen LogP contribution in [0.25, 0.3) is 0 Å². The van der Waals surface area contributed by atoms with Crippen LogP contribution in [-0.4, -0.2) is 16.3 Å². The van der Waals surface area contributed by atoms with E-state index in [0.29, 0.717) is 17.7 Å². The molecule has 64 valence electrons. The molecular formula is C9H10O3. The maximum Gasteiger partial charge on any atom is 0.164 e. The van der Waals surface area contributed by atoms with Gasteiger partial charge >= 0.3 is 0 Å². The molecule has 2 rings (SSSR count). The van der Waals surface area contributed by atoms with Crippen LogP contribution >= 0.6 is 0 Å². The van der Waals surface area contributed by atoms with Crippen molar-refractivity contribution in [3.8, 4) is 17.2 Å². The predicted molar refractivity (Wildman–Crippen MR) is 43.6 cm³/mol. The number of ether oxygens (including phenoxy) is 1. The average Bonchev–Trinajstić information content (AvgIpc) is 2.39. The quantitative estimate of drug-likeness (QED) is 0.573. The van der Waals surface area contributed by atoms with Crippen LogP contribution < -0.4 is 4.74 Å². The van der Waals surface area contributed by atoms with E-state index < -0.39 is 0 Å². The Morgan fingerprint density at radius 1 is 1.42 bits per heavy atom. The number of hydrogen-bond donors (Lipinski definition) is 2. The molecule has 1 aromatic rings. The van der Waals surface area contributed by atoms with Crippen molar-refractivity contribution in [1.29, 1.82) is 0 Å². The van der Waals surface area contributed by atoms with Gasteiger partial charge in [-0.25, -0.2) is 0 Å². The first-order valence-corrected chi connectivity index (χ1v) is 3.89. The fourth-order valence-corrected chi connectivity index (χ4v) is 1.46. The molecule has 0 aliphatic carbocycles. The lowest BCUT2D eigenvalue weighted by Gasteiger charge is -2.02. The van der Waals surface area contributed by atoms with Crippen molar-refractivity contribution < 1.29 is 14.9 Å². The third-order valence-corrected chi connectivity index (χ3v) is 2.04. The summed E-state index contributed by atoms with van der Waals surface area (Å²) in [4.78, 5) is 0. The van der Waals surface area contributed by atoms with E-state index in [4.69, 9.17) is 9.84 Å². The first-order chi connectivity index (χ1) is 5.68. The maximum atomic E-state index is 9.41. The summed E-state index contributed by atoms with van der Waals surface area (Å²) in [5.74, 6) is 0.557. The van der Waals surface area contributed by atoms with E-state index in [1.165, 1.54) is 6.07 Å². The van der Waals surface area contributed by atoms with Crippen LogP contribution in [0.2, 0.25) is 0 Å². The zero-order chi connectivity index (χ0) is 8.72. The van der Waals surface area contributed by atoms with Crippen molar-refractivity contribution in [2.75, 3.05) is 0 Å². The third-order valence-electron chi connectivity index (χ3n) is 2.04. The van der Waals surface area contributed by atoms with Gasteiger partial charge in [-0.15, -0.1) is 0 Å². The largest absolute Gasteiger partial charge is 0.504 e. The minimum atomic E-state index is -0.0774. The van der Waals surface area contributed by atoms with Crippen molar-refractivity contribution >= 4 is 0 Å². The molecule has 0 bridgehead atoms.